The number of hydrogen-bond acceptors (Lipinski definition) is 1. The topological polar surface area (TPSA) is 24.7 Å². The number of nitrogens with zero attached hydrogens (tertiary/aromatic N) is 2. The number of carbonyl (C=O) groups is 1. The second-order valence-corrected chi connectivity index (χ2v) is 8.93. The third kappa shape index (κ3) is 13.2. The molecule has 174 valence electrons. The molecule has 3 nitrogen and oxygen atoms in total. The molecule has 1 atom stereocenters. The van der Waals surface area contributed by atoms with Gasteiger partial charge in [0.15, 0.2) is 0 Å². The Kier molecular flexibility index (Phi) is 16.6. The number of benzene rings is 1. The third-order valence-corrected chi connectivity index (χ3v) is 6.12. The molecule has 31 heavy (non-hydrogen) atoms. The van der Waals surface area contributed by atoms with Crippen LogP contribution in [-0.2, 0) is 4.79 Å². The summed E-state index contributed by atoms with van der Waals surface area (Å²) in [5.41, 5.74) is 0.906. The number of para-hydroxylation sites is 1. The van der Waals surface area contributed by atoms with Crippen molar-refractivity contribution < 1.29 is 4.79 Å². The number of anilines is 1. The maximum atomic E-state index is 12.6. The van der Waals surface area contributed by atoms with Crippen LogP contribution in [0.15, 0.2) is 30.3 Å². The summed E-state index contributed by atoms with van der Waals surface area (Å²) in [7, 11) is 0. The third-order valence-electron chi connectivity index (χ3n) is 6.12. The van der Waals surface area contributed by atoms with Gasteiger partial charge >= 0.3 is 5.91 Å². The smallest absolute Gasteiger partial charge is 0.306 e. The van der Waals surface area contributed by atoms with Gasteiger partial charge in [-0.05, 0) is 18.6 Å². The fraction of sp³-hybridized carbons (Fsp3) is 0.714. The Labute approximate surface area is 192 Å². The van der Waals surface area contributed by atoms with Crippen molar-refractivity contribution in [1.82, 2.24) is 0 Å². The molecule has 1 aromatic rings. The Bertz CT molecular complexity index is 593. The first-order valence-electron chi connectivity index (χ1n) is 12.9. The molecule has 0 aromatic heterocycles. The van der Waals surface area contributed by atoms with Gasteiger partial charge in [-0.15, -0.1) is 0 Å². The lowest BCUT2D eigenvalue weighted by Crippen LogP contribution is -2.37. The van der Waals surface area contributed by atoms with Crippen molar-refractivity contribution in [3.05, 3.63) is 41.7 Å². The Morgan fingerprint density at radius 2 is 1.19 bits per heavy atom. The van der Waals surface area contributed by atoms with Gasteiger partial charge in [-0.1, -0.05) is 121 Å². The average Bonchev–Trinajstić information content (AvgIpc) is 2.80. The molecule has 0 saturated heterocycles. The highest BCUT2D eigenvalue weighted by atomic mass is 16.2. The molecule has 0 aliphatic rings. The lowest BCUT2D eigenvalue weighted by molar-refractivity contribution is -0.118. The fourth-order valence-corrected chi connectivity index (χ4v) is 4.07. The number of unbranched alkanes of at least 4 members (excludes halogenated alkanes) is 15. The molecule has 0 N–H and O–H groups in total. The number of carbonyl (C=O) groups excluding carboxylic acids is 1. The van der Waals surface area contributed by atoms with E-state index in [1.807, 2.05) is 30.3 Å². The summed E-state index contributed by atoms with van der Waals surface area (Å²) in [6.45, 7) is 11.9. The summed E-state index contributed by atoms with van der Waals surface area (Å²) in [5, 5.41) is 0. The van der Waals surface area contributed by atoms with Crippen LogP contribution in [0.4, 0.5) is 5.69 Å². The van der Waals surface area contributed by atoms with Gasteiger partial charge in [-0.2, -0.15) is 0 Å². The quantitative estimate of drug-likeness (QED) is 0.160. The molecule has 1 aromatic carbocycles. The van der Waals surface area contributed by atoms with Crippen LogP contribution in [0.25, 0.3) is 4.85 Å². The van der Waals surface area contributed by atoms with E-state index in [4.69, 9.17) is 6.57 Å². The van der Waals surface area contributed by atoms with E-state index >= 15 is 0 Å². The molecule has 1 unspecified atom stereocenters. The molecular weight excluding hydrogens is 380 g/mol. The van der Waals surface area contributed by atoms with Gasteiger partial charge in [0.1, 0.15) is 0 Å². The maximum absolute atomic E-state index is 12.6. The number of amides is 1. The van der Waals surface area contributed by atoms with Crippen LogP contribution in [0.2, 0.25) is 0 Å². The molecular formula is C28H46N2O. The van der Waals surface area contributed by atoms with E-state index in [0.717, 1.165) is 18.5 Å². The number of hydrogen-bond donors (Lipinski definition) is 0. The summed E-state index contributed by atoms with van der Waals surface area (Å²) in [4.78, 5) is 17.8. The Balaban J connectivity index is 2.04. The molecule has 0 saturated carbocycles. The second-order valence-electron chi connectivity index (χ2n) is 8.93. The van der Waals surface area contributed by atoms with Gasteiger partial charge < -0.3 is 9.74 Å². The Morgan fingerprint density at radius 1 is 0.774 bits per heavy atom. The first kappa shape index (κ1) is 27.2. The van der Waals surface area contributed by atoms with Crippen LogP contribution >= 0.6 is 0 Å². The maximum Gasteiger partial charge on any atom is 0.309 e. The second kappa shape index (κ2) is 18.9. The van der Waals surface area contributed by atoms with Gasteiger partial charge in [-0.3, -0.25) is 4.79 Å². The van der Waals surface area contributed by atoms with Gasteiger partial charge in [0.25, 0.3) is 6.04 Å². The van der Waals surface area contributed by atoms with Crippen LogP contribution in [0.3, 0.4) is 0 Å². The lowest BCUT2D eigenvalue weighted by atomic mass is 10.0. The summed E-state index contributed by atoms with van der Waals surface area (Å²) in [5.74, 6) is -0.0813. The normalized spacial score (nSPS) is 11.8. The Hall–Kier alpha value is -1.82. The molecule has 0 fully saturated rings. The zero-order valence-corrected chi connectivity index (χ0v) is 20.3. The average molecular weight is 427 g/mol. The van der Waals surface area contributed by atoms with E-state index in [9.17, 15) is 4.79 Å². The first-order valence-corrected chi connectivity index (χ1v) is 12.9. The minimum absolute atomic E-state index is 0.0813. The van der Waals surface area contributed by atoms with Gasteiger partial charge in [0.2, 0.25) is 0 Å². The Morgan fingerprint density at radius 3 is 1.61 bits per heavy atom. The van der Waals surface area contributed by atoms with Crippen molar-refractivity contribution in [2.24, 2.45) is 0 Å². The summed E-state index contributed by atoms with van der Waals surface area (Å²) in [6, 6.07) is 9.17. The monoisotopic (exact) mass is 426 g/mol. The molecule has 0 radical (unpaired) electrons. The zero-order chi connectivity index (χ0) is 22.6. The highest BCUT2D eigenvalue weighted by molar-refractivity contribution is 5.97. The molecule has 1 rings (SSSR count). The van der Waals surface area contributed by atoms with Crippen molar-refractivity contribution in [3.63, 3.8) is 0 Å². The van der Waals surface area contributed by atoms with Crippen molar-refractivity contribution >= 4 is 11.6 Å². The minimum Gasteiger partial charge on any atom is -0.306 e. The van der Waals surface area contributed by atoms with Gasteiger partial charge in [0.05, 0.1) is 0 Å². The SMILES string of the molecule is [C-]#[N+]C(C)C(=O)N(CCCCCCCCCCCCCCCCCC)c1ccccc1. The largest absolute Gasteiger partial charge is 0.309 e. The van der Waals surface area contributed by atoms with Crippen LogP contribution < -0.4 is 4.90 Å². The van der Waals surface area contributed by atoms with E-state index in [-0.39, 0.29) is 5.91 Å². The lowest BCUT2D eigenvalue weighted by Gasteiger charge is -2.22. The van der Waals surface area contributed by atoms with Crippen LogP contribution in [-0.4, -0.2) is 18.5 Å². The summed E-state index contributed by atoms with van der Waals surface area (Å²) in [6.07, 6.45) is 21.5. The van der Waals surface area contributed by atoms with E-state index in [1.165, 1.54) is 89.9 Å². The van der Waals surface area contributed by atoms with Crippen molar-refractivity contribution in [3.8, 4) is 0 Å². The standard InChI is InChI=1S/C28H46N2O/c1-4-5-6-7-8-9-10-11-12-13-14-15-16-17-18-22-25-30(28(31)26(2)29-3)27-23-20-19-21-24-27/h19-21,23-24,26H,4-18,22,25H2,1-2H3. The summed E-state index contributed by atoms with van der Waals surface area (Å²) >= 11 is 0. The first-order chi connectivity index (χ1) is 15.2. The van der Waals surface area contributed by atoms with Crippen molar-refractivity contribution in [2.75, 3.05) is 11.4 Å². The number of rotatable bonds is 19. The van der Waals surface area contributed by atoms with E-state index in [2.05, 4.69) is 11.8 Å². The van der Waals surface area contributed by atoms with Gasteiger partial charge in [-0.25, -0.2) is 6.57 Å². The van der Waals surface area contributed by atoms with Crippen LogP contribution in [0.1, 0.15) is 117 Å². The molecule has 0 aliphatic carbocycles. The van der Waals surface area contributed by atoms with Crippen molar-refractivity contribution in [2.45, 2.75) is 123 Å². The molecule has 0 bridgehead atoms. The van der Waals surface area contributed by atoms with E-state index in [0.29, 0.717) is 6.54 Å². The molecule has 1 amide bonds. The summed E-state index contributed by atoms with van der Waals surface area (Å²) < 4.78 is 0. The molecule has 0 heterocycles. The van der Waals surface area contributed by atoms with E-state index < -0.39 is 6.04 Å². The molecule has 3 heteroatoms. The van der Waals surface area contributed by atoms with Crippen LogP contribution in [0.5, 0.6) is 0 Å². The highest BCUT2D eigenvalue weighted by Gasteiger charge is 2.25. The minimum atomic E-state index is -0.610. The molecule has 0 spiro atoms. The predicted molar refractivity (Wildman–Crippen MR) is 134 cm³/mol. The van der Waals surface area contributed by atoms with Gasteiger partial charge in [0, 0.05) is 19.2 Å². The predicted octanol–water partition coefficient (Wildman–Crippen LogP) is 8.59. The highest BCUT2D eigenvalue weighted by Crippen LogP contribution is 2.18. The van der Waals surface area contributed by atoms with Crippen LogP contribution in [0, 0.1) is 6.57 Å². The van der Waals surface area contributed by atoms with Crippen molar-refractivity contribution in [1.29, 1.82) is 0 Å². The molecule has 0 aliphatic heterocycles. The van der Waals surface area contributed by atoms with E-state index in [1.54, 1.807) is 11.8 Å². The zero-order valence-electron chi connectivity index (χ0n) is 20.3. The fourth-order valence-electron chi connectivity index (χ4n) is 4.07.